The van der Waals surface area contributed by atoms with Crippen LogP contribution < -0.4 is 4.74 Å². The van der Waals surface area contributed by atoms with Crippen LogP contribution in [-0.2, 0) is 0 Å². The van der Waals surface area contributed by atoms with Gasteiger partial charge in [0.05, 0.1) is 11.5 Å². The summed E-state index contributed by atoms with van der Waals surface area (Å²) in [7, 11) is 0. The topological polar surface area (TPSA) is 52.4 Å². The van der Waals surface area contributed by atoms with E-state index in [2.05, 4.69) is 12.6 Å². The van der Waals surface area contributed by atoms with Crippen LogP contribution >= 0.6 is 12.6 Å². The maximum atomic E-state index is 13.2. The number of nitro benzene ring substituents is 1. The van der Waals surface area contributed by atoms with E-state index in [0.717, 1.165) is 37.1 Å². The Hall–Kier alpha value is -1.30. The van der Waals surface area contributed by atoms with Gasteiger partial charge in [-0.1, -0.05) is 0 Å². The minimum absolute atomic E-state index is 0.318. The highest BCUT2D eigenvalue weighted by molar-refractivity contribution is 7.80. The molecule has 0 amide bonds. The lowest BCUT2D eigenvalue weighted by molar-refractivity contribution is -0.387. The number of nitro groups is 1. The van der Waals surface area contributed by atoms with Gasteiger partial charge in [0, 0.05) is 12.1 Å². The lowest BCUT2D eigenvalue weighted by Gasteiger charge is -2.05. The van der Waals surface area contributed by atoms with Gasteiger partial charge in [-0.25, -0.2) is 0 Å². The summed E-state index contributed by atoms with van der Waals surface area (Å²) in [5, 5.41) is 10.4. The van der Waals surface area contributed by atoms with E-state index in [4.69, 9.17) is 4.74 Å². The predicted octanol–water partition coefficient (Wildman–Crippen LogP) is 3.21. The average Bonchev–Trinajstić information content (AvgIpc) is 2.28. The molecule has 4 nitrogen and oxygen atoms in total. The smallest absolute Gasteiger partial charge is 0.305 e. The van der Waals surface area contributed by atoms with E-state index in [1.807, 2.05) is 0 Å². The molecule has 0 bridgehead atoms. The van der Waals surface area contributed by atoms with Crippen molar-refractivity contribution in [1.29, 1.82) is 0 Å². The Kier molecular flexibility index (Phi) is 5.76. The van der Waals surface area contributed by atoms with E-state index < -0.39 is 16.4 Å². The van der Waals surface area contributed by atoms with Crippen molar-refractivity contribution in [3.8, 4) is 5.75 Å². The number of nitrogens with zero attached hydrogens (tertiary/aromatic N) is 1. The highest BCUT2D eigenvalue weighted by Crippen LogP contribution is 2.22. The molecule has 1 rings (SSSR count). The van der Waals surface area contributed by atoms with E-state index >= 15 is 0 Å². The molecule has 0 saturated heterocycles. The highest BCUT2D eigenvalue weighted by atomic mass is 32.1. The SMILES string of the molecule is O=[N+]([O-])c1ccc(OCCCCCS)cc1F. The minimum Gasteiger partial charge on any atom is -0.493 e. The second kappa shape index (κ2) is 7.11. The number of hydrogen-bond acceptors (Lipinski definition) is 4. The maximum Gasteiger partial charge on any atom is 0.305 e. The van der Waals surface area contributed by atoms with Crippen LogP contribution in [0.3, 0.4) is 0 Å². The molecule has 0 aromatic heterocycles. The summed E-state index contributed by atoms with van der Waals surface area (Å²) >= 11 is 4.08. The molecule has 0 atom stereocenters. The summed E-state index contributed by atoms with van der Waals surface area (Å²) in [6.45, 7) is 0.477. The van der Waals surface area contributed by atoms with Crippen LogP contribution in [0.2, 0.25) is 0 Å². The Balaban J connectivity index is 2.45. The number of halogens is 1. The van der Waals surface area contributed by atoms with Gasteiger partial charge < -0.3 is 4.74 Å². The first kappa shape index (κ1) is 13.8. The number of rotatable bonds is 7. The fraction of sp³-hybridized carbons (Fsp3) is 0.455. The molecule has 1 aromatic carbocycles. The average molecular weight is 259 g/mol. The largest absolute Gasteiger partial charge is 0.493 e. The first-order chi connectivity index (χ1) is 8.15. The van der Waals surface area contributed by atoms with Gasteiger partial charge in [-0.05, 0) is 31.1 Å². The first-order valence-electron chi connectivity index (χ1n) is 5.32. The predicted molar refractivity (Wildman–Crippen MR) is 66.3 cm³/mol. The van der Waals surface area contributed by atoms with Crippen molar-refractivity contribution >= 4 is 18.3 Å². The van der Waals surface area contributed by atoms with Crippen molar-refractivity contribution in [3.63, 3.8) is 0 Å². The molecule has 94 valence electrons. The van der Waals surface area contributed by atoms with Crippen molar-refractivity contribution in [2.24, 2.45) is 0 Å². The van der Waals surface area contributed by atoms with E-state index in [0.29, 0.717) is 12.4 Å². The third kappa shape index (κ3) is 4.60. The third-order valence-electron chi connectivity index (χ3n) is 2.19. The Morgan fingerprint density at radius 1 is 1.35 bits per heavy atom. The molecule has 0 aliphatic carbocycles. The summed E-state index contributed by atoms with van der Waals surface area (Å²) in [5.41, 5.74) is -0.535. The van der Waals surface area contributed by atoms with Crippen LogP contribution in [0.25, 0.3) is 0 Å². The molecular weight excluding hydrogens is 245 g/mol. The molecule has 1 aromatic rings. The Bertz CT molecular complexity index is 387. The van der Waals surface area contributed by atoms with Crippen LogP contribution in [0.1, 0.15) is 19.3 Å². The molecular formula is C11H14FNO3S. The second-order valence-corrected chi connectivity index (χ2v) is 3.95. The first-order valence-corrected chi connectivity index (χ1v) is 5.96. The van der Waals surface area contributed by atoms with Crippen LogP contribution in [0.4, 0.5) is 10.1 Å². The monoisotopic (exact) mass is 259 g/mol. The fourth-order valence-corrected chi connectivity index (χ4v) is 1.53. The van der Waals surface area contributed by atoms with E-state index in [1.165, 1.54) is 6.07 Å². The van der Waals surface area contributed by atoms with Crippen molar-refractivity contribution in [3.05, 3.63) is 34.1 Å². The van der Waals surface area contributed by atoms with Crippen molar-refractivity contribution in [1.82, 2.24) is 0 Å². The zero-order valence-electron chi connectivity index (χ0n) is 9.26. The van der Waals surface area contributed by atoms with Gasteiger partial charge in [-0.15, -0.1) is 0 Å². The van der Waals surface area contributed by atoms with Gasteiger partial charge in [0.15, 0.2) is 0 Å². The zero-order valence-corrected chi connectivity index (χ0v) is 10.2. The quantitative estimate of drug-likeness (QED) is 0.354. The van der Waals surface area contributed by atoms with Crippen LogP contribution in [-0.4, -0.2) is 17.3 Å². The molecule has 0 aliphatic rings. The van der Waals surface area contributed by atoms with Crippen molar-refractivity contribution in [2.75, 3.05) is 12.4 Å². The molecule has 0 radical (unpaired) electrons. The number of benzene rings is 1. The normalized spacial score (nSPS) is 10.2. The summed E-state index contributed by atoms with van der Waals surface area (Å²) in [4.78, 5) is 9.62. The molecule has 0 heterocycles. The molecule has 0 unspecified atom stereocenters. The van der Waals surface area contributed by atoms with Crippen LogP contribution in [0.5, 0.6) is 5.75 Å². The Morgan fingerprint density at radius 3 is 2.71 bits per heavy atom. The molecule has 17 heavy (non-hydrogen) atoms. The number of ether oxygens (including phenoxy) is 1. The van der Waals surface area contributed by atoms with Crippen molar-refractivity contribution in [2.45, 2.75) is 19.3 Å². The zero-order chi connectivity index (χ0) is 12.7. The highest BCUT2D eigenvalue weighted by Gasteiger charge is 2.13. The Morgan fingerprint density at radius 2 is 2.12 bits per heavy atom. The summed E-state index contributed by atoms with van der Waals surface area (Å²) in [6, 6.07) is 3.55. The molecule has 0 saturated carbocycles. The molecule has 0 N–H and O–H groups in total. The maximum absolute atomic E-state index is 13.2. The molecule has 0 aliphatic heterocycles. The van der Waals surface area contributed by atoms with Gasteiger partial charge >= 0.3 is 5.69 Å². The third-order valence-corrected chi connectivity index (χ3v) is 2.50. The van der Waals surface area contributed by atoms with Gasteiger partial charge in [0.2, 0.25) is 5.82 Å². The fourth-order valence-electron chi connectivity index (χ4n) is 1.31. The number of hydrogen-bond donors (Lipinski definition) is 1. The number of thiol groups is 1. The molecule has 0 spiro atoms. The van der Waals surface area contributed by atoms with E-state index in [1.54, 1.807) is 0 Å². The standard InChI is InChI=1S/C11H14FNO3S/c12-10-8-9(4-5-11(10)13(14)15)16-6-2-1-3-7-17/h4-5,8,17H,1-3,6-7H2. The van der Waals surface area contributed by atoms with Gasteiger partial charge in [0.1, 0.15) is 5.75 Å². The second-order valence-electron chi connectivity index (χ2n) is 3.50. The van der Waals surface area contributed by atoms with Crippen molar-refractivity contribution < 1.29 is 14.1 Å². The lowest BCUT2D eigenvalue weighted by atomic mass is 10.2. The van der Waals surface area contributed by atoms with Gasteiger partial charge in [-0.2, -0.15) is 17.0 Å². The summed E-state index contributed by atoms with van der Waals surface area (Å²) < 4.78 is 18.5. The summed E-state index contributed by atoms with van der Waals surface area (Å²) in [5.74, 6) is 0.286. The lowest BCUT2D eigenvalue weighted by Crippen LogP contribution is -1.99. The van der Waals surface area contributed by atoms with Crippen LogP contribution in [0, 0.1) is 15.9 Å². The minimum atomic E-state index is -0.872. The number of unbranched alkanes of at least 4 members (excludes halogenated alkanes) is 2. The van der Waals surface area contributed by atoms with Gasteiger partial charge in [-0.3, -0.25) is 10.1 Å². The molecule has 6 heteroatoms. The van der Waals surface area contributed by atoms with Gasteiger partial charge in [0.25, 0.3) is 0 Å². The van der Waals surface area contributed by atoms with E-state index in [9.17, 15) is 14.5 Å². The van der Waals surface area contributed by atoms with Crippen LogP contribution in [0.15, 0.2) is 18.2 Å². The summed E-state index contributed by atoms with van der Waals surface area (Å²) in [6.07, 6.45) is 2.87. The molecule has 0 fully saturated rings. The Labute approximate surface area is 104 Å². The van der Waals surface area contributed by atoms with E-state index in [-0.39, 0.29) is 0 Å².